The third kappa shape index (κ3) is 3.03. The van der Waals surface area contributed by atoms with E-state index in [1.807, 2.05) is 42.5 Å². The zero-order chi connectivity index (χ0) is 15.4. The highest BCUT2D eigenvalue weighted by atomic mass is 16.5. The molecule has 22 heavy (non-hydrogen) atoms. The summed E-state index contributed by atoms with van der Waals surface area (Å²) in [6.07, 6.45) is 2.09. The first-order valence-corrected chi connectivity index (χ1v) is 7.54. The van der Waals surface area contributed by atoms with E-state index in [0.717, 1.165) is 35.1 Å². The second-order valence-electron chi connectivity index (χ2n) is 5.21. The first kappa shape index (κ1) is 14.4. The zero-order valence-electron chi connectivity index (χ0n) is 12.5. The van der Waals surface area contributed by atoms with Crippen LogP contribution in [0.4, 0.5) is 0 Å². The zero-order valence-corrected chi connectivity index (χ0v) is 12.5. The summed E-state index contributed by atoms with van der Waals surface area (Å²) < 4.78 is 11.0. The predicted octanol–water partition coefficient (Wildman–Crippen LogP) is 4.64. The number of rotatable bonds is 5. The minimum atomic E-state index is -0.350. The lowest BCUT2D eigenvalue weighted by Crippen LogP contribution is -2.00. The number of unbranched alkanes of at least 4 members (excludes halogenated alkanes) is 1. The van der Waals surface area contributed by atoms with E-state index in [1.54, 1.807) is 6.07 Å². The van der Waals surface area contributed by atoms with Crippen LogP contribution >= 0.6 is 0 Å². The molecule has 1 aromatic heterocycles. The molecule has 3 heteroatoms. The van der Waals surface area contributed by atoms with Crippen LogP contribution in [-0.2, 0) is 0 Å². The van der Waals surface area contributed by atoms with Crippen molar-refractivity contribution < 1.29 is 9.15 Å². The molecule has 0 spiro atoms. The van der Waals surface area contributed by atoms with Crippen LogP contribution < -0.4 is 10.4 Å². The Morgan fingerprint density at radius 3 is 2.64 bits per heavy atom. The Morgan fingerprint density at radius 1 is 1.05 bits per heavy atom. The summed E-state index contributed by atoms with van der Waals surface area (Å²) in [5, 5.41) is 0.911. The summed E-state index contributed by atoms with van der Waals surface area (Å²) in [6, 6.07) is 17.0. The van der Waals surface area contributed by atoms with Crippen LogP contribution in [0.15, 0.2) is 63.8 Å². The van der Waals surface area contributed by atoms with Gasteiger partial charge in [-0.3, -0.25) is 0 Å². The minimum absolute atomic E-state index is 0.350. The van der Waals surface area contributed by atoms with E-state index in [9.17, 15) is 4.79 Å². The molecule has 3 rings (SSSR count). The summed E-state index contributed by atoms with van der Waals surface area (Å²) in [4.78, 5) is 11.8. The van der Waals surface area contributed by atoms with Crippen molar-refractivity contribution >= 4 is 11.0 Å². The quantitative estimate of drug-likeness (QED) is 0.508. The van der Waals surface area contributed by atoms with Gasteiger partial charge in [0.1, 0.15) is 11.3 Å². The molecule has 3 nitrogen and oxygen atoms in total. The summed E-state index contributed by atoms with van der Waals surface area (Å²) >= 11 is 0. The van der Waals surface area contributed by atoms with Crippen molar-refractivity contribution in [3.05, 3.63) is 65.0 Å². The maximum atomic E-state index is 11.8. The molecule has 0 unspecified atom stereocenters. The predicted molar refractivity (Wildman–Crippen MR) is 88.3 cm³/mol. The van der Waals surface area contributed by atoms with Crippen molar-refractivity contribution in [2.45, 2.75) is 19.8 Å². The summed E-state index contributed by atoms with van der Waals surface area (Å²) in [5.74, 6) is 0.731. The minimum Gasteiger partial charge on any atom is -0.493 e. The molecule has 1 heterocycles. The molecule has 0 fully saturated rings. The lowest BCUT2D eigenvalue weighted by Gasteiger charge is -2.08. The van der Waals surface area contributed by atoms with Crippen LogP contribution in [0.3, 0.4) is 0 Å². The van der Waals surface area contributed by atoms with E-state index in [2.05, 4.69) is 6.92 Å². The van der Waals surface area contributed by atoms with Gasteiger partial charge in [-0.05, 0) is 29.7 Å². The summed E-state index contributed by atoms with van der Waals surface area (Å²) in [6.45, 7) is 2.79. The van der Waals surface area contributed by atoms with Gasteiger partial charge in [0.15, 0.2) is 0 Å². The van der Waals surface area contributed by atoms with Gasteiger partial charge in [-0.15, -0.1) is 0 Å². The summed E-state index contributed by atoms with van der Waals surface area (Å²) in [5.41, 5.74) is 2.09. The van der Waals surface area contributed by atoms with Crippen molar-refractivity contribution in [2.75, 3.05) is 6.61 Å². The van der Waals surface area contributed by atoms with Crippen molar-refractivity contribution in [3.8, 4) is 16.9 Å². The van der Waals surface area contributed by atoms with Crippen LogP contribution in [0.5, 0.6) is 5.75 Å². The fourth-order valence-electron chi connectivity index (χ4n) is 2.42. The molecular formula is C19H18O3. The topological polar surface area (TPSA) is 39.4 Å². The molecule has 0 aliphatic carbocycles. The van der Waals surface area contributed by atoms with Gasteiger partial charge in [0, 0.05) is 17.5 Å². The molecule has 0 atom stereocenters. The standard InChI is InChI=1S/C19H18O3/c1-2-3-11-21-15-9-10-16-17(14-7-5-4-6-8-14)13-19(20)22-18(16)12-15/h4-10,12-13H,2-3,11H2,1H3. The molecule has 0 saturated carbocycles. The highest BCUT2D eigenvalue weighted by Crippen LogP contribution is 2.29. The van der Waals surface area contributed by atoms with Gasteiger partial charge in [-0.2, -0.15) is 0 Å². The Bertz CT molecular complexity index is 819. The van der Waals surface area contributed by atoms with Crippen molar-refractivity contribution in [1.29, 1.82) is 0 Å². The van der Waals surface area contributed by atoms with Crippen molar-refractivity contribution in [3.63, 3.8) is 0 Å². The average molecular weight is 294 g/mol. The largest absolute Gasteiger partial charge is 0.493 e. The molecular weight excluding hydrogens is 276 g/mol. The lowest BCUT2D eigenvalue weighted by atomic mass is 10.0. The Labute approximate surface area is 129 Å². The Hall–Kier alpha value is -2.55. The Morgan fingerprint density at radius 2 is 1.86 bits per heavy atom. The maximum absolute atomic E-state index is 11.8. The van der Waals surface area contributed by atoms with E-state index in [0.29, 0.717) is 12.2 Å². The monoisotopic (exact) mass is 294 g/mol. The SMILES string of the molecule is CCCCOc1ccc2c(-c3ccccc3)cc(=O)oc2c1. The fourth-order valence-corrected chi connectivity index (χ4v) is 2.42. The molecule has 112 valence electrons. The van der Waals surface area contributed by atoms with Crippen LogP contribution in [0, 0.1) is 0 Å². The summed E-state index contributed by atoms with van der Waals surface area (Å²) in [7, 11) is 0. The van der Waals surface area contributed by atoms with Gasteiger partial charge >= 0.3 is 5.63 Å². The number of hydrogen-bond donors (Lipinski definition) is 0. The van der Waals surface area contributed by atoms with Crippen LogP contribution in [0.2, 0.25) is 0 Å². The molecule has 0 bridgehead atoms. The van der Waals surface area contributed by atoms with Gasteiger partial charge in [0.05, 0.1) is 6.61 Å². The Kier molecular flexibility index (Phi) is 4.24. The van der Waals surface area contributed by atoms with Crippen LogP contribution in [-0.4, -0.2) is 6.61 Å². The first-order valence-electron chi connectivity index (χ1n) is 7.54. The number of ether oxygens (including phenoxy) is 1. The van der Waals surface area contributed by atoms with E-state index in [-0.39, 0.29) is 5.63 Å². The smallest absolute Gasteiger partial charge is 0.336 e. The second-order valence-corrected chi connectivity index (χ2v) is 5.21. The average Bonchev–Trinajstić information content (AvgIpc) is 2.55. The molecule has 0 aliphatic heterocycles. The van der Waals surface area contributed by atoms with Gasteiger partial charge < -0.3 is 9.15 Å². The molecule has 3 aromatic rings. The first-order chi connectivity index (χ1) is 10.8. The van der Waals surface area contributed by atoms with Crippen molar-refractivity contribution in [1.82, 2.24) is 0 Å². The fraction of sp³-hybridized carbons (Fsp3) is 0.211. The Balaban J connectivity index is 2.06. The third-order valence-corrected chi connectivity index (χ3v) is 3.57. The van der Waals surface area contributed by atoms with Gasteiger partial charge in [0.25, 0.3) is 0 Å². The molecule has 0 saturated heterocycles. The molecule has 0 amide bonds. The third-order valence-electron chi connectivity index (χ3n) is 3.57. The molecule has 0 N–H and O–H groups in total. The van der Waals surface area contributed by atoms with Crippen LogP contribution in [0.25, 0.3) is 22.1 Å². The maximum Gasteiger partial charge on any atom is 0.336 e. The van der Waals surface area contributed by atoms with E-state index in [1.165, 1.54) is 6.07 Å². The lowest BCUT2D eigenvalue weighted by molar-refractivity contribution is 0.309. The van der Waals surface area contributed by atoms with E-state index in [4.69, 9.17) is 9.15 Å². The van der Waals surface area contributed by atoms with Crippen LogP contribution in [0.1, 0.15) is 19.8 Å². The highest BCUT2D eigenvalue weighted by molar-refractivity contribution is 5.93. The molecule has 2 aromatic carbocycles. The highest BCUT2D eigenvalue weighted by Gasteiger charge is 2.08. The number of benzene rings is 2. The molecule has 0 aliphatic rings. The van der Waals surface area contributed by atoms with E-state index < -0.39 is 0 Å². The second kappa shape index (κ2) is 6.48. The number of fused-ring (bicyclic) bond motifs is 1. The van der Waals surface area contributed by atoms with Gasteiger partial charge in [-0.1, -0.05) is 43.7 Å². The van der Waals surface area contributed by atoms with E-state index >= 15 is 0 Å². The van der Waals surface area contributed by atoms with Crippen molar-refractivity contribution in [2.24, 2.45) is 0 Å². The molecule has 0 radical (unpaired) electrons. The van der Waals surface area contributed by atoms with Gasteiger partial charge in [-0.25, -0.2) is 4.79 Å². The number of hydrogen-bond acceptors (Lipinski definition) is 3. The normalized spacial score (nSPS) is 10.8. The van der Waals surface area contributed by atoms with Gasteiger partial charge in [0.2, 0.25) is 0 Å².